The number of rotatable bonds is 0. The van der Waals surface area contributed by atoms with E-state index in [4.69, 9.17) is 17.5 Å². The van der Waals surface area contributed by atoms with E-state index < -0.39 is 10.4 Å². The minimum atomic E-state index is -4.67. The summed E-state index contributed by atoms with van der Waals surface area (Å²) in [5.74, 6) is 0. The van der Waals surface area contributed by atoms with Gasteiger partial charge in [0.25, 0.3) is 0 Å². The van der Waals surface area contributed by atoms with Crippen molar-refractivity contribution in [3.05, 3.63) is 0 Å². The molecule has 0 amide bonds. The van der Waals surface area contributed by atoms with Crippen LogP contribution in [0.1, 0.15) is 9.99 Å². The Labute approximate surface area is 39.4 Å². The van der Waals surface area contributed by atoms with Gasteiger partial charge in [-0.3, -0.25) is 9.11 Å². The van der Waals surface area contributed by atoms with Crippen LogP contribution in [0.4, 0.5) is 0 Å². The Bertz CT molecular complexity index is 98.6. The first-order valence-corrected chi connectivity index (χ1v) is 2.10. The molecule has 0 aromatic rings. The van der Waals surface area contributed by atoms with Crippen LogP contribution in [0, 0.1) is 0 Å². The molecule has 0 spiro atoms. The monoisotopic (exact) mass is 105 g/mol. The second kappa shape index (κ2) is 0.925. The van der Waals surface area contributed by atoms with Crippen molar-refractivity contribution in [2.24, 2.45) is 0 Å². The smallest absolute Gasteiger partial charge is 0.264 e. The molecular formula is H9O4S+7. The Morgan fingerprint density at radius 1 is 1.40 bits per heavy atom. The standard InChI is InChI=1S/H2O4S/c1-5(2,3)4/h(H2,1,2,3,4)/p+7. The highest BCUT2D eigenvalue weighted by atomic mass is 32.3. The summed E-state index contributed by atoms with van der Waals surface area (Å²) in [7, 11) is -4.67. The van der Waals surface area contributed by atoms with Gasteiger partial charge in [-0.15, -0.1) is 0 Å². The molecule has 0 rings (SSSR count). The first-order chi connectivity index (χ1) is 2.00. The molecule has 0 atom stereocenters. The van der Waals surface area contributed by atoms with Crippen LogP contribution < -0.4 is 0 Å². The van der Waals surface area contributed by atoms with Gasteiger partial charge >= 0.3 is 20.4 Å². The molecule has 0 aromatic carbocycles. The number of hydrogen-bond acceptors (Lipinski definition) is 2. The molecule has 0 aromatic heterocycles. The van der Waals surface area contributed by atoms with Gasteiger partial charge < -0.3 is 0 Å². The highest BCUT2D eigenvalue weighted by Crippen LogP contribution is 1.59. The van der Waals surface area contributed by atoms with E-state index in [-0.39, 0.29) is 9.99 Å². The lowest BCUT2D eigenvalue weighted by molar-refractivity contribution is 0.381. The quantitative estimate of drug-likeness (QED) is 0.429. The minimum Gasteiger partial charge on any atom is -0.264 e. The fourth-order valence-electron chi connectivity index (χ4n) is 0. The predicted octanol–water partition coefficient (Wildman–Crippen LogP) is 0.135. The lowest BCUT2D eigenvalue weighted by atomic mass is 15.8. The molecule has 4 nitrogen and oxygen atoms in total. The SMILES string of the molecule is O=S(=O)(O)O.[H+].[H+].[H+].[H+].[H+].[H+].[H+]. The van der Waals surface area contributed by atoms with Gasteiger partial charge in [-0.25, -0.2) is 0 Å². The third-order valence-electron chi connectivity index (χ3n) is 0. The van der Waals surface area contributed by atoms with E-state index in [9.17, 15) is 0 Å². The van der Waals surface area contributed by atoms with Crippen molar-refractivity contribution in [2.45, 2.75) is 0 Å². The van der Waals surface area contributed by atoms with Crippen LogP contribution in [-0.2, 0) is 10.4 Å². The van der Waals surface area contributed by atoms with E-state index in [1.54, 1.807) is 0 Å². The maximum absolute atomic E-state index is 8.74. The largest absolute Gasteiger partial charge is 1.00 e. The van der Waals surface area contributed by atoms with Gasteiger partial charge in [0.1, 0.15) is 0 Å². The average Bonchev–Trinajstić information content (AvgIpc) is 0.722. The summed E-state index contributed by atoms with van der Waals surface area (Å²) >= 11 is 0. The van der Waals surface area contributed by atoms with E-state index in [1.165, 1.54) is 0 Å². The summed E-state index contributed by atoms with van der Waals surface area (Å²) in [6, 6.07) is 0. The summed E-state index contributed by atoms with van der Waals surface area (Å²) in [4.78, 5) is 0. The molecule has 0 heterocycles. The van der Waals surface area contributed by atoms with Crippen LogP contribution in [-0.4, -0.2) is 17.5 Å². The summed E-state index contributed by atoms with van der Waals surface area (Å²) < 4.78 is 31.6. The highest BCUT2D eigenvalue weighted by Gasteiger charge is 1.84. The highest BCUT2D eigenvalue weighted by molar-refractivity contribution is 7.79. The van der Waals surface area contributed by atoms with Gasteiger partial charge in [0.05, 0.1) is 0 Å². The molecule has 0 bridgehead atoms. The maximum atomic E-state index is 8.74. The molecule has 32 valence electrons. The minimum absolute atomic E-state index is 0. The molecule has 0 fully saturated rings. The van der Waals surface area contributed by atoms with Crippen LogP contribution in [0.5, 0.6) is 0 Å². The third kappa shape index (κ3) is 801. The fraction of sp³-hybridized carbons (Fsp3) is 0. The zero-order chi connectivity index (χ0) is 4.50. The topological polar surface area (TPSA) is 74.6 Å². The van der Waals surface area contributed by atoms with E-state index in [0.717, 1.165) is 0 Å². The van der Waals surface area contributed by atoms with Crippen molar-refractivity contribution in [2.75, 3.05) is 0 Å². The zero-order valence-electron chi connectivity index (χ0n) is 9.12. The van der Waals surface area contributed by atoms with Crippen LogP contribution >= 0.6 is 0 Å². The first-order valence-electron chi connectivity index (χ1n) is 0.698. The van der Waals surface area contributed by atoms with Gasteiger partial charge in [-0.2, -0.15) is 8.42 Å². The predicted molar refractivity (Wildman–Crippen MR) is 22.0 cm³/mol. The van der Waals surface area contributed by atoms with Crippen molar-refractivity contribution in [3.8, 4) is 0 Å². The van der Waals surface area contributed by atoms with Crippen molar-refractivity contribution in [1.29, 1.82) is 0 Å². The van der Waals surface area contributed by atoms with Crippen molar-refractivity contribution < 1.29 is 27.5 Å². The molecule has 0 radical (unpaired) electrons. The van der Waals surface area contributed by atoms with Gasteiger partial charge in [0, 0.05) is 0 Å². The van der Waals surface area contributed by atoms with Crippen molar-refractivity contribution in [1.82, 2.24) is 0 Å². The second-order valence-electron chi connectivity index (χ2n) is 0.448. The summed E-state index contributed by atoms with van der Waals surface area (Å²) in [5.41, 5.74) is 0. The lowest BCUT2D eigenvalue weighted by Gasteiger charge is -1.68. The first kappa shape index (κ1) is 4.87. The Morgan fingerprint density at radius 3 is 1.40 bits per heavy atom. The van der Waals surface area contributed by atoms with E-state index in [2.05, 4.69) is 0 Å². The molecule has 0 saturated carbocycles. The Kier molecular flexibility index (Phi) is 0.901. The average molecular weight is 105 g/mol. The lowest BCUT2D eigenvalue weighted by Crippen LogP contribution is -1.89. The van der Waals surface area contributed by atoms with Crippen LogP contribution in [0.3, 0.4) is 0 Å². The zero-order valence-corrected chi connectivity index (χ0v) is 2.94. The van der Waals surface area contributed by atoms with Gasteiger partial charge in [0.2, 0.25) is 0 Å². The summed E-state index contributed by atoms with van der Waals surface area (Å²) in [5, 5.41) is 0. The van der Waals surface area contributed by atoms with Crippen LogP contribution in [0.25, 0.3) is 0 Å². The Balaban J connectivity index is -0.00000000381. The molecule has 0 unspecified atom stereocenters. The molecule has 5 heavy (non-hydrogen) atoms. The van der Waals surface area contributed by atoms with Crippen molar-refractivity contribution in [3.63, 3.8) is 0 Å². The van der Waals surface area contributed by atoms with Gasteiger partial charge in [0.15, 0.2) is 0 Å². The summed E-state index contributed by atoms with van der Waals surface area (Å²) in [6.07, 6.45) is 0. The Hall–Kier alpha value is -0.130. The molecular weight excluding hydrogens is 96.1 g/mol. The van der Waals surface area contributed by atoms with E-state index in [1.807, 2.05) is 0 Å². The normalized spacial score (nSPS) is 11.6. The van der Waals surface area contributed by atoms with Crippen molar-refractivity contribution >= 4 is 10.4 Å². The third-order valence-corrected chi connectivity index (χ3v) is 0. The molecule has 0 aliphatic heterocycles. The van der Waals surface area contributed by atoms with Gasteiger partial charge in [-0.1, -0.05) is 0 Å². The van der Waals surface area contributed by atoms with E-state index in [0.29, 0.717) is 0 Å². The van der Waals surface area contributed by atoms with Gasteiger partial charge in [-0.05, 0) is 0 Å². The Morgan fingerprint density at radius 2 is 1.40 bits per heavy atom. The molecule has 0 saturated heterocycles. The fourth-order valence-corrected chi connectivity index (χ4v) is 0. The van der Waals surface area contributed by atoms with Crippen LogP contribution in [0.2, 0.25) is 0 Å². The second-order valence-corrected chi connectivity index (χ2v) is 1.34. The van der Waals surface area contributed by atoms with E-state index >= 15 is 0 Å². The maximum Gasteiger partial charge on any atom is 1.00 e. The molecule has 0 aliphatic carbocycles. The number of hydrogen-bond donors (Lipinski definition) is 2. The molecule has 0 aliphatic rings. The molecule has 5 heteroatoms. The van der Waals surface area contributed by atoms with Crippen LogP contribution in [0.15, 0.2) is 0 Å². The molecule has 2 N–H and O–H groups in total. The summed E-state index contributed by atoms with van der Waals surface area (Å²) in [6.45, 7) is 0.